The highest BCUT2D eigenvalue weighted by atomic mass is 35.5. The number of aryl methyl sites for hydroxylation is 1. The van der Waals surface area contributed by atoms with Crippen LogP contribution < -0.4 is 11.1 Å². The van der Waals surface area contributed by atoms with Crippen LogP contribution in [0.1, 0.15) is 24.8 Å². The van der Waals surface area contributed by atoms with Gasteiger partial charge in [-0.05, 0) is 55.7 Å². The van der Waals surface area contributed by atoms with E-state index < -0.39 is 0 Å². The highest BCUT2D eigenvalue weighted by Gasteiger charge is 2.50. The Hall–Kier alpha value is -1.79. The molecular weight excluding hydrogens is 364 g/mol. The standard InChI is InChI=1S/C20H28N4O2.ClH/c1-13-3-2-4-16(11-13)22-20(26)24-9-7-23(8-10-24)19(25)17-14-5-6-15(12-14)18(17)21;/h2-4,11,14-15,17-18H,5-10,12,21H2,1H3,(H,22,26);1H. The van der Waals surface area contributed by atoms with Crippen molar-refractivity contribution in [2.75, 3.05) is 31.5 Å². The lowest BCUT2D eigenvalue weighted by molar-refractivity contribution is -0.139. The van der Waals surface area contributed by atoms with Crippen molar-refractivity contribution >= 4 is 30.0 Å². The predicted molar refractivity (Wildman–Crippen MR) is 108 cm³/mol. The Bertz CT molecular complexity index is 703. The zero-order valence-corrected chi connectivity index (χ0v) is 16.6. The van der Waals surface area contributed by atoms with E-state index in [2.05, 4.69) is 5.32 Å². The summed E-state index contributed by atoms with van der Waals surface area (Å²) >= 11 is 0. The minimum atomic E-state index is -0.0978. The molecule has 2 bridgehead atoms. The number of nitrogens with zero attached hydrogens (tertiary/aromatic N) is 2. The summed E-state index contributed by atoms with van der Waals surface area (Å²) in [5, 5.41) is 2.94. The molecule has 1 aromatic carbocycles. The number of nitrogens with two attached hydrogens (primary N) is 1. The summed E-state index contributed by atoms with van der Waals surface area (Å²) < 4.78 is 0. The third-order valence-corrected chi connectivity index (χ3v) is 6.41. The normalized spacial score (nSPS) is 29.4. The molecule has 1 heterocycles. The van der Waals surface area contributed by atoms with Gasteiger partial charge in [0.1, 0.15) is 0 Å². The Morgan fingerprint density at radius 3 is 2.37 bits per heavy atom. The fourth-order valence-electron chi connectivity index (χ4n) is 4.97. The number of carbonyl (C=O) groups is 2. The van der Waals surface area contributed by atoms with Gasteiger partial charge in [-0.2, -0.15) is 0 Å². The van der Waals surface area contributed by atoms with Gasteiger partial charge in [-0.15, -0.1) is 12.4 Å². The van der Waals surface area contributed by atoms with Gasteiger partial charge >= 0.3 is 6.03 Å². The molecule has 2 aliphatic carbocycles. The molecule has 7 heteroatoms. The second-order valence-corrected chi connectivity index (χ2v) is 8.05. The number of fused-ring (bicyclic) bond motifs is 2. The average Bonchev–Trinajstić information content (AvgIpc) is 3.22. The molecule has 4 atom stereocenters. The number of anilines is 1. The van der Waals surface area contributed by atoms with E-state index in [1.807, 2.05) is 36.1 Å². The molecule has 1 aromatic rings. The SMILES string of the molecule is Cc1cccc(NC(=O)N2CCN(C(=O)C3C4CCC(C4)C3N)CC2)c1.Cl. The summed E-state index contributed by atoms with van der Waals surface area (Å²) in [5.74, 6) is 1.23. The Morgan fingerprint density at radius 1 is 1.07 bits per heavy atom. The number of piperazine rings is 1. The number of amides is 3. The van der Waals surface area contributed by atoms with Crippen molar-refractivity contribution < 1.29 is 9.59 Å². The zero-order chi connectivity index (χ0) is 18.3. The van der Waals surface area contributed by atoms with E-state index in [0.717, 1.165) is 24.1 Å². The quantitative estimate of drug-likeness (QED) is 0.811. The molecule has 0 spiro atoms. The molecule has 2 saturated carbocycles. The van der Waals surface area contributed by atoms with Crippen molar-refractivity contribution in [3.05, 3.63) is 29.8 Å². The highest BCUT2D eigenvalue weighted by molar-refractivity contribution is 5.89. The summed E-state index contributed by atoms with van der Waals surface area (Å²) in [5.41, 5.74) is 8.24. The molecule has 0 radical (unpaired) electrons. The van der Waals surface area contributed by atoms with E-state index in [4.69, 9.17) is 5.73 Å². The summed E-state index contributed by atoms with van der Waals surface area (Å²) in [6.45, 7) is 4.33. The molecule has 1 aliphatic heterocycles. The van der Waals surface area contributed by atoms with Crippen molar-refractivity contribution in [3.63, 3.8) is 0 Å². The van der Waals surface area contributed by atoms with Crippen LogP contribution in [0.4, 0.5) is 10.5 Å². The van der Waals surface area contributed by atoms with E-state index in [0.29, 0.717) is 38.0 Å². The monoisotopic (exact) mass is 392 g/mol. The fraction of sp³-hybridized carbons (Fsp3) is 0.600. The van der Waals surface area contributed by atoms with Crippen LogP contribution in [0.3, 0.4) is 0 Å². The number of urea groups is 1. The van der Waals surface area contributed by atoms with Crippen molar-refractivity contribution in [2.24, 2.45) is 23.5 Å². The van der Waals surface area contributed by atoms with Crippen LogP contribution in [0.15, 0.2) is 24.3 Å². The Balaban J connectivity index is 0.00000210. The molecule has 27 heavy (non-hydrogen) atoms. The van der Waals surface area contributed by atoms with E-state index in [-0.39, 0.29) is 36.3 Å². The number of benzene rings is 1. The fourth-order valence-corrected chi connectivity index (χ4v) is 4.97. The maximum Gasteiger partial charge on any atom is 0.321 e. The second kappa shape index (κ2) is 8.07. The molecule has 4 unspecified atom stereocenters. The Kier molecular flexibility index (Phi) is 5.96. The van der Waals surface area contributed by atoms with Crippen LogP contribution >= 0.6 is 12.4 Å². The molecule has 4 rings (SSSR count). The second-order valence-electron chi connectivity index (χ2n) is 8.05. The van der Waals surface area contributed by atoms with Gasteiger partial charge in [0, 0.05) is 37.9 Å². The Morgan fingerprint density at radius 2 is 1.74 bits per heavy atom. The van der Waals surface area contributed by atoms with E-state index in [1.54, 1.807) is 4.90 Å². The summed E-state index contributed by atoms with van der Waals surface area (Å²) in [4.78, 5) is 29.1. The van der Waals surface area contributed by atoms with Gasteiger partial charge in [0.05, 0.1) is 5.92 Å². The molecule has 6 nitrogen and oxygen atoms in total. The first-order chi connectivity index (χ1) is 12.5. The minimum Gasteiger partial charge on any atom is -0.339 e. The molecule has 3 amide bonds. The van der Waals surface area contributed by atoms with Crippen molar-refractivity contribution in [3.8, 4) is 0 Å². The summed E-state index contributed by atoms with van der Waals surface area (Å²) in [7, 11) is 0. The maximum absolute atomic E-state index is 12.9. The average molecular weight is 393 g/mol. The van der Waals surface area contributed by atoms with Gasteiger partial charge in [-0.1, -0.05) is 12.1 Å². The van der Waals surface area contributed by atoms with Crippen molar-refractivity contribution in [2.45, 2.75) is 32.2 Å². The Labute approximate surface area is 166 Å². The molecule has 3 N–H and O–H groups in total. The molecule has 1 saturated heterocycles. The van der Waals surface area contributed by atoms with Crippen LogP contribution in [0, 0.1) is 24.7 Å². The molecule has 0 aromatic heterocycles. The van der Waals surface area contributed by atoms with Crippen LogP contribution in [0.25, 0.3) is 0 Å². The first kappa shape index (κ1) is 20.0. The third-order valence-electron chi connectivity index (χ3n) is 6.41. The van der Waals surface area contributed by atoms with Crippen LogP contribution in [-0.2, 0) is 4.79 Å². The number of nitrogens with one attached hydrogen (secondary N) is 1. The first-order valence-corrected chi connectivity index (χ1v) is 9.70. The van der Waals surface area contributed by atoms with E-state index >= 15 is 0 Å². The number of halogens is 1. The smallest absolute Gasteiger partial charge is 0.321 e. The maximum atomic E-state index is 12.9. The summed E-state index contributed by atoms with van der Waals surface area (Å²) in [6.07, 6.45) is 3.45. The van der Waals surface area contributed by atoms with Crippen LogP contribution in [0.2, 0.25) is 0 Å². The summed E-state index contributed by atoms with van der Waals surface area (Å²) in [6, 6.07) is 7.71. The largest absolute Gasteiger partial charge is 0.339 e. The minimum absolute atomic E-state index is 0. The molecule has 3 fully saturated rings. The van der Waals surface area contributed by atoms with Gasteiger partial charge in [0.25, 0.3) is 0 Å². The van der Waals surface area contributed by atoms with Gasteiger partial charge < -0.3 is 20.9 Å². The number of rotatable bonds is 2. The van der Waals surface area contributed by atoms with E-state index in [9.17, 15) is 9.59 Å². The first-order valence-electron chi connectivity index (χ1n) is 9.70. The number of hydrogen-bond donors (Lipinski definition) is 2. The molecule has 3 aliphatic rings. The van der Waals surface area contributed by atoms with Crippen molar-refractivity contribution in [1.29, 1.82) is 0 Å². The zero-order valence-electron chi connectivity index (χ0n) is 15.8. The predicted octanol–water partition coefficient (Wildman–Crippen LogP) is 2.47. The number of hydrogen-bond acceptors (Lipinski definition) is 3. The lowest BCUT2D eigenvalue weighted by Crippen LogP contribution is -2.55. The number of carbonyl (C=O) groups excluding carboxylic acids is 2. The lowest BCUT2D eigenvalue weighted by Gasteiger charge is -2.38. The third kappa shape index (κ3) is 3.92. The highest BCUT2D eigenvalue weighted by Crippen LogP contribution is 2.48. The van der Waals surface area contributed by atoms with E-state index in [1.165, 1.54) is 6.42 Å². The van der Waals surface area contributed by atoms with Gasteiger partial charge in [0.2, 0.25) is 5.91 Å². The van der Waals surface area contributed by atoms with Gasteiger partial charge in [-0.25, -0.2) is 4.79 Å². The lowest BCUT2D eigenvalue weighted by atomic mass is 9.84. The van der Waals surface area contributed by atoms with Crippen molar-refractivity contribution in [1.82, 2.24) is 9.80 Å². The topological polar surface area (TPSA) is 78.7 Å². The van der Waals surface area contributed by atoms with Gasteiger partial charge in [-0.3, -0.25) is 4.79 Å². The molecular formula is C20H29ClN4O2. The molecule has 148 valence electrons. The van der Waals surface area contributed by atoms with Gasteiger partial charge in [0.15, 0.2) is 0 Å². The van der Waals surface area contributed by atoms with Crippen LogP contribution in [0.5, 0.6) is 0 Å². The van der Waals surface area contributed by atoms with Crippen LogP contribution in [-0.4, -0.2) is 54.0 Å².